The standard InChI is InChI=1S/C26H27N5O2S/c1-3-30-15-21(24(32)20-10-9-18(2)27-25(20)30)26(33)31-13-11-29(12-14-31)16-23-28-22(17-34-23)19-7-5-4-6-8-19/h4-10,15,17H,3,11-14,16H2,1-2H3. The third-order valence-corrected chi connectivity index (χ3v) is 7.10. The number of aryl methyl sites for hydroxylation is 2. The van der Waals surface area contributed by atoms with Gasteiger partial charge in [0.15, 0.2) is 0 Å². The van der Waals surface area contributed by atoms with Crippen LogP contribution in [0.25, 0.3) is 22.3 Å². The van der Waals surface area contributed by atoms with Crippen molar-refractivity contribution in [3.63, 3.8) is 0 Å². The molecule has 1 amide bonds. The molecule has 3 aromatic heterocycles. The molecule has 4 heterocycles. The Morgan fingerprint density at radius 3 is 2.53 bits per heavy atom. The van der Waals surface area contributed by atoms with E-state index in [1.165, 1.54) is 0 Å². The zero-order valence-electron chi connectivity index (χ0n) is 19.4. The van der Waals surface area contributed by atoms with E-state index in [2.05, 4.69) is 27.4 Å². The largest absolute Gasteiger partial charge is 0.336 e. The van der Waals surface area contributed by atoms with Crippen LogP contribution in [-0.2, 0) is 13.1 Å². The molecule has 5 rings (SSSR count). The number of amides is 1. The van der Waals surface area contributed by atoms with Crippen molar-refractivity contribution in [2.45, 2.75) is 26.9 Å². The fraction of sp³-hybridized carbons (Fsp3) is 0.308. The van der Waals surface area contributed by atoms with Gasteiger partial charge in [0.25, 0.3) is 5.91 Å². The molecule has 0 saturated carbocycles. The van der Waals surface area contributed by atoms with Crippen LogP contribution in [0.4, 0.5) is 0 Å². The van der Waals surface area contributed by atoms with Crippen molar-refractivity contribution < 1.29 is 4.79 Å². The minimum atomic E-state index is -0.240. The lowest BCUT2D eigenvalue weighted by Crippen LogP contribution is -2.49. The summed E-state index contributed by atoms with van der Waals surface area (Å²) < 4.78 is 1.89. The highest BCUT2D eigenvalue weighted by atomic mass is 32.1. The van der Waals surface area contributed by atoms with E-state index in [1.807, 2.05) is 42.7 Å². The average Bonchev–Trinajstić information content (AvgIpc) is 3.33. The van der Waals surface area contributed by atoms with Crippen molar-refractivity contribution in [1.29, 1.82) is 0 Å². The number of hydrogen-bond acceptors (Lipinski definition) is 6. The molecule has 4 aromatic rings. The molecule has 1 aromatic carbocycles. The van der Waals surface area contributed by atoms with Crippen molar-refractivity contribution in [2.24, 2.45) is 0 Å². The Morgan fingerprint density at radius 2 is 1.79 bits per heavy atom. The normalized spacial score (nSPS) is 14.6. The fourth-order valence-electron chi connectivity index (χ4n) is 4.35. The Hall–Kier alpha value is -3.36. The van der Waals surface area contributed by atoms with Gasteiger partial charge in [-0.15, -0.1) is 11.3 Å². The van der Waals surface area contributed by atoms with Crippen molar-refractivity contribution in [2.75, 3.05) is 26.2 Å². The quantitative estimate of drug-likeness (QED) is 0.441. The second-order valence-corrected chi connectivity index (χ2v) is 9.49. The summed E-state index contributed by atoms with van der Waals surface area (Å²) in [4.78, 5) is 39.8. The highest BCUT2D eigenvalue weighted by Gasteiger charge is 2.26. The molecule has 0 spiro atoms. The molecule has 1 saturated heterocycles. The summed E-state index contributed by atoms with van der Waals surface area (Å²) in [6.45, 7) is 7.98. The van der Waals surface area contributed by atoms with E-state index in [0.29, 0.717) is 30.7 Å². The lowest BCUT2D eigenvalue weighted by Gasteiger charge is -2.34. The number of nitrogens with zero attached hydrogens (tertiary/aromatic N) is 5. The molecule has 1 aliphatic heterocycles. The van der Waals surface area contributed by atoms with Crippen LogP contribution in [0.15, 0.2) is 58.8 Å². The number of rotatable bonds is 5. The van der Waals surface area contributed by atoms with Crippen LogP contribution in [0, 0.1) is 6.92 Å². The number of pyridine rings is 2. The van der Waals surface area contributed by atoms with E-state index >= 15 is 0 Å². The highest BCUT2D eigenvalue weighted by Crippen LogP contribution is 2.23. The van der Waals surface area contributed by atoms with Crippen molar-refractivity contribution in [3.8, 4) is 11.3 Å². The fourth-order valence-corrected chi connectivity index (χ4v) is 5.19. The van der Waals surface area contributed by atoms with E-state index < -0.39 is 0 Å². The van der Waals surface area contributed by atoms with Gasteiger partial charge >= 0.3 is 0 Å². The maximum absolute atomic E-state index is 13.3. The molecule has 8 heteroatoms. The molecule has 174 valence electrons. The van der Waals surface area contributed by atoms with Gasteiger partial charge in [0.05, 0.1) is 17.6 Å². The first-order chi connectivity index (χ1) is 16.5. The first-order valence-electron chi connectivity index (χ1n) is 11.6. The predicted molar refractivity (Wildman–Crippen MR) is 135 cm³/mol. The van der Waals surface area contributed by atoms with E-state index in [0.717, 1.165) is 41.6 Å². The second kappa shape index (κ2) is 9.48. The monoisotopic (exact) mass is 473 g/mol. The second-order valence-electron chi connectivity index (χ2n) is 8.54. The molecule has 7 nitrogen and oxygen atoms in total. The third kappa shape index (κ3) is 4.38. The number of benzene rings is 1. The number of hydrogen-bond donors (Lipinski definition) is 0. The lowest BCUT2D eigenvalue weighted by atomic mass is 10.1. The smallest absolute Gasteiger partial charge is 0.259 e. The van der Waals surface area contributed by atoms with Crippen LogP contribution in [0.3, 0.4) is 0 Å². The number of aromatic nitrogens is 3. The summed E-state index contributed by atoms with van der Waals surface area (Å²) >= 11 is 1.67. The highest BCUT2D eigenvalue weighted by molar-refractivity contribution is 7.09. The predicted octanol–water partition coefficient (Wildman–Crippen LogP) is 3.81. The molecule has 0 atom stereocenters. The van der Waals surface area contributed by atoms with E-state index in [4.69, 9.17) is 4.98 Å². The van der Waals surface area contributed by atoms with Gasteiger partial charge in [-0.3, -0.25) is 14.5 Å². The maximum atomic E-state index is 13.3. The first kappa shape index (κ1) is 22.4. The Kier molecular flexibility index (Phi) is 6.26. The van der Waals surface area contributed by atoms with Gasteiger partial charge in [0.1, 0.15) is 16.2 Å². The molecule has 34 heavy (non-hydrogen) atoms. The minimum Gasteiger partial charge on any atom is -0.336 e. The van der Waals surface area contributed by atoms with Crippen LogP contribution in [0.5, 0.6) is 0 Å². The van der Waals surface area contributed by atoms with Gasteiger partial charge in [0.2, 0.25) is 5.43 Å². The van der Waals surface area contributed by atoms with Crippen LogP contribution in [0.2, 0.25) is 0 Å². The molecule has 0 radical (unpaired) electrons. The zero-order valence-corrected chi connectivity index (χ0v) is 20.2. The van der Waals surface area contributed by atoms with Crippen LogP contribution < -0.4 is 5.43 Å². The summed E-state index contributed by atoms with van der Waals surface area (Å²) in [5.41, 5.74) is 3.59. The summed E-state index contributed by atoms with van der Waals surface area (Å²) in [6, 6.07) is 13.8. The third-order valence-electron chi connectivity index (χ3n) is 6.27. The molecule has 0 bridgehead atoms. The molecular weight excluding hydrogens is 446 g/mol. The summed E-state index contributed by atoms with van der Waals surface area (Å²) in [5, 5.41) is 3.66. The molecule has 1 aliphatic rings. The number of fused-ring (bicyclic) bond motifs is 1. The topological polar surface area (TPSA) is 71.3 Å². The Morgan fingerprint density at radius 1 is 1.03 bits per heavy atom. The zero-order chi connectivity index (χ0) is 23.7. The molecular formula is C26H27N5O2S. The molecule has 0 N–H and O–H groups in total. The van der Waals surface area contributed by atoms with Gasteiger partial charge in [-0.2, -0.15) is 0 Å². The Balaban J connectivity index is 1.27. The van der Waals surface area contributed by atoms with E-state index in [-0.39, 0.29) is 16.9 Å². The average molecular weight is 474 g/mol. The Bertz CT molecular complexity index is 1390. The number of thiazole rings is 1. The van der Waals surface area contributed by atoms with Crippen molar-refractivity contribution >= 4 is 28.3 Å². The van der Waals surface area contributed by atoms with Gasteiger partial charge < -0.3 is 9.47 Å². The number of carbonyl (C=O) groups excluding carboxylic acids is 1. The first-order valence-corrected chi connectivity index (χ1v) is 12.4. The van der Waals surface area contributed by atoms with Gasteiger partial charge in [0, 0.05) is 55.6 Å². The molecule has 0 aliphatic carbocycles. The van der Waals surface area contributed by atoms with Gasteiger partial charge in [-0.1, -0.05) is 30.3 Å². The number of carbonyl (C=O) groups is 1. The van der Waals surface area contributed by atoms with Crippen LogP contribution >= 0.6 is 11.3 Å². The SMILES string of the molecule is CCn1cc(C(=O)N2CCN(Cc3nc(-c4ccccc4)cs3)CC2)c(=O)c2ccc(C)nc21. The van der Waals surface area contributed by atoms with Crippen molar-refractivity contribution in [3.05, 3.63) is 80.5 Å². The van der Waals surface area contributed by atoms with E-state index in [1.54, 1.807) is 28.5 Å². The van der Waals surface area contributed by atoms with Crippen LogP contribution in [-0.4, -0.2) is 56.4 Å². The van der Waals surface area contributed by atoms with Crippen molar-refractivity contribution in [1.82, 2.24) is 24.3 Å². The summed E-state index contributed by atoms with van der Waals surface area (Å²) in [5.74, 6) is -0.199. The Labute approximate surface area is 202 Å². The minimum absolute atomic E-state index is 0.199. The maximum Gasteiger partial charge on any atom is 0.259 e. The molecule has 1 fully saturated rings. The number of piperazine rings is 1. The lowest BCUT2D eigenvalue weighted by molar-refractivity contribution is 0.0626. The van der Waals surface area contributed by atoms with Gasteiger partial charge in [-0.25, -0.2) is 9.97 Å². The van der Waals surface area contributed by atoms with E-state index in [9.17, 15) is 9.59 Å². The summed E-state index contributed by atoms with van der Waals surface area (Å²) in [7, 11) is 0. The molecule has 0 unspecified atom stereocenters. The van der Waals surface area contributed by atoms with Gasteiger partial charge in [-0.05, 0) is 26.0 Å². The summed E-state index contributed by atoms with van der Waals surface area (Å²) in [6.07, 6.45) is 1.67. The van der Waals surface area contributed by atoms with Crippen LogP contribution in [0.1, 0.15) is 28.0 Å².